The Hall–Kier alpha value is -2.42. The summed E-state index contributed by atoms with van der Waals surface area (Å²) in [5.74, 6) is -0.560. The molecule has 1 aliphatic rings. The molecular weight excluding hydrogens is 372 g/mol. The van der Waals surface area contributed by atoms with E-state index in [1.54, 1.807) is 0 Å². The van der Waals surface area contributed by atoms with Crippen LogP contribution in [0.15, 0.2) is 58.5 Å². The second-order valence-electron chi connectivity index (χ2n) is 5.93. The maximum absolute atomic E-state index is 13.5. The summed E-state index contributed by atoms with van der Waals surface area (Å²) in [7, 11) is -3.43. The molecule has 0 saturated heterocycles. The Balaban J connectivity index is 2.03. The van der Waals surface area contributed by atoms with Gasteiger partial charge in [-0.05, 0) is 42.0 Å². The highest BCUT2D eigenvalue weighted by Gasteiger charge is 2.43. The minimum absolute atomic E-state index is 0.0442. The van der Waals surface area contributed by atoms with Crippen molar-refractivity contribution in [3.8, 4) is 0 Å². The van der Waals surface area contributed by atoms with Crippen molar-refractivity contribution >= 4 is 21.2 Å². The Morgan fingerprint density at radius 1 is 1.12 bits per heavy atom. The van der Waals surface area contributed by atoms with Gasteiger partial charge in [0, 0.05) is 12.7 Å². The van der Waals surface area contributed by atoms with E-state index < -0.39 is 40.0 Å². The van der Waals surface area contributed by atoms with Gasteiger partial charge in [0.15, 0.2) is 9.84 Å². The van der Waals surface area contributed by atoms with Crippen molar-refractivity contribution in [2.24, 2.45) is 5.10 Å². The predicted molar refractivity (Wildman–Crippen MR) is 89.3 cm³/mol. The Kier molecular flexibility index (Phi) is 4.51. The molecule has 1 unspecified atom stereocenters. The summed E-state index contributed by atoms with van der Waals surface area (Å²) >= 11 is 0. The third-order valence-electron chi connectivity index (χ3n) is 4.00. The van der Waals surface area contributed by atoms with Crippen LogP contribution in [-0.2, 0) is 9.84 Å². The molecule has 1 atom stereocenters. The van der Waals surface area contributed by atoms with Crippen LogP contribution in [-0.4, -0.2) is 26.6 Å². The summed E-state index contributed by atoms with van der Waals surface area (Å²) in [5.41, 5.74) is -0.343. The van der Waals surface area contributed by atoms with Crippen LogP contribution >= 0.6 is 0 Å². The Bertz CT molecular complexity index is 953. The quantitative estimate of drug-likeness (QED) is 0.747. The molecule has 0 aromatic heterocycles. The van der Waals surface area contributed by atoms with Crippen LogP contribution in [0.25, 0.3) is 0 Å². The third-order valence-corrected chi connectivity index (χ3v) is 5.13. The number of hydrogen-bond acceptors (Lipinski definition) is 4. The molecular formula is C17H14F4N2O2S. The van der Waals surface area contributed by atoms with Gasteiger partial charge in [0.25, 0.3) is 0 Å². The zero-order chi connectivity index (χ0) is 19.1. The SMILES string of the molecule is CS(=O)(=O)c1ccc(N2N=C(C(F)(F)F)CC2c2cccc(F)c2)cc1. The molecule has 1 heterocycles. The zero-order valence-electron chi connectivity index (χ0n) is 13.5. The lowest BCUT2D eigenvalue weighted by Gasteiger charge is -2.24. The molecule has 0 spiro atoms. The lowest BCUT2D eigenvalue weighted by atomic mass is 10.0. The summed E-state index contributed by atoms with van der Waals surface area (Å²) in [6, 6.07) is 9.83. The lowest BCUT2D eigenvalue weighted by molar-refractivity contribution is -0.0600. The zero-order valence-corrected chi connectivity index (χ0v) is 14.4. The summed E-state index contributed by atoms with van der Waals surface area (Å²) in [6.07, 6.45) is -4.00. The monoisotopic (exact) mass is 386 g/mol. The fourth-order valence-electron chi connectivity index (χ4n) is 2.74. The molecule has 26 heavy (non-hydrogen) atoms. The minimum Gasteiger partial charge on any atom is -0.257 e. The molecule has 2 aromatic rings. The number of anilines is 1. The highest BCUT2D eigenvalue weighted by molar-refractivity contribution is 7.90. The smallest absolute Gasteiger partial charge is 0.257 e. The Morgan fingerprint density at radius 2 is 1.77 bits per heavy atom. The first kappa shape index (κ1) is 18.4. The number of rotatable bonds is 3. The van der Waals surface area contributed by atoms with E-state index in [1.807, 2.05) is 0 Å². The average Bonchev–Trinajstić information content (AvgIpc) is 3.00. The van der Waals surface area contributed by atoms with Crippen molar-refractivity contribution in [2.45, 2.75) is 23.5 Å². The van der Waals surface area contributed by atoms with Gasteiger partial charge in [-0.1, -0.05) is 12.1 Å². The summed E-state index contributed by atoms with van der Waals surface area (Å²) < 4.78 is 76.0. The highest BCUT2D eigenvalue weighted by Crippen LogP contribution is 2.39. The van der Waals surface area contributed by atoms with Crippen molar-refractivity contribution in [1.29, 1.82) is 0 Å². The van der Waals surface area contributed by atoms with Crippen molar-refractivity contribution in [3.05, 3.63) is 59.9 Å². The second-order valence-corrected chi connectivity index (χ2v) is 7.95. The molecule has 0 N–H and O–H groups in total. The maximum Gasteiger partial charge on any atom is 0.431 e. The van der Waals surface area contributed by atoms with E-state index in [0.29, 0.717) is 5.56 Å². The van der Waals surface area contributed by atoms with Crippen molar-refractivity contribution in [2.75, 3.05) is 11.3 Å². The van der Waals surface area contributed by atoms with Crippen LogP contribution in [0, 0.1) is 5.82 Å². The molecule has 0 bridgehead atoms. The molecule has 0 amide bonds. The van der Waals surface area contributed by atoms with Gasteiger partial charge in [-0.15, -0.1) is 0 Å². The van der Waals surface area contributed by atoms with Gasteiger partial charge in [-0.25, -0.2) is 12.8 Å². The molecule has 2 aromatic carbocycles. The van der Waals surface area contributed by atoms with E-state index in [1.165, 1.54) is 42.5 Å². The summed E-state index contributed by atoms with van der Waals surface area (Å²) in [4.78, 5) is 0.0442. The van der Waals surface area contributed by atoms with E-state index in [4.69, 9.17) is 0 Å². The lowest BCUT2D eigenvalue weighted by Crippen LogP contribution is -2.21. The van der Waals surface area contributed by atoms with Crippen LogP contribution in [0.1, 0.15) is 18.0 Å². The standard InChI is InChI=1S/C17H14F4N2O2S/c1-26(24,25)14-7-5-13(6-8-14)23-15(10-16(22-23)17(19,20)21)11-3-2-4-12(18)9-11/h2-9,15H,10H2,1H3. The van der Waals surface area contributed by atoms with Crippen LogP contribution in [0.3, 0.4) is 0 Å². The number of benzene rings is 2. The first-order chi connectivity index (χ1) is 12.1. The highest BCUT2D eigenvalue weighted by atomic mass is 32.2. The molecule has 3 rings (SSSR count). The molecule has 4 nitrogen and oxygen atoms in total. The van der Waals surface area contributed by atoms with Gasteiger partial charge in [0.1, 0.15) is 11.5 Å². The van der Waals surface area contributed by atoms with Crippen LogP contribution in [0.4, 0.5) is 23.2 Å². The van der Waals surface area contributed by atoms with Crippen LogP contribution in [0.2, 0.25) is 0 Å². The number of sulfone groups is 1. The fraction of sp³-hybridized carbons (Fsp3) is 0.235. The molecule has 0 radical (unpaired) electrons. The second kappa shape index (κ2) is 6.39. The van der Waals surface area contributed by atoms with E-state index in [-0.39, 0.29) is 10.6 Å². The normalized spacial score (nSPS) is 18.1. The molecule has 0 aliphatic carbocycles. The van der Waals surface area contributed by atoms with Gasteiger partial charge < -0.3 is 0 Å². The van der Waals surface area contributed by atoms with Gasteiger partial charge in [0.05, 0.1) is 16.6 Å². The number of nitrogens with zero attached hydrogens (tertiary/aromatic N) is 2. The van der Waals surface area contributed by atoms with E-state index >= 15 is 0 Å². The fourth-order valence-corrected chi connectivity index (χ4v) is 3.37. The largest absolute Gasteiger partial charge is 0.431 e. The van der Waals surface area contributed by atoms with Crippen molar-refractivity contribution < 1.29 is 26.0 Å². The number of hydrogen-bond donors (Lipinski definition) is 0. The maximum atomic E-state index is 13.5. The van der Waals surface area contributed by atoms with Crippen LogP contribution < -0.4 is 5.01 Å². The summed E-state index contributed by atoms with van der Waals surface area (Å²) in [5, 5.41) is 4.80. The van der Waals surface area contributed by atoms with Gasteiger partial charge in [-0.2, -0.15) is 18.3 Å². The van der Waals surface area contributed by atoms with E-state index in [9.17, 15) is 26.0 Å². The van der Waals surface area contributed by atoms with Crippen molar-refractivity contribution in [3.63, 3.8) is 0 Å². The van der Waals surface area contributed by atoms with Crippen molar-refractivity contribution in [1.82, 2.24) is 0 Å². The topological polar surface area (TPSA) is 49.7 Å². The molecule has 138 valence electrons. The number of hydrazone groups is 1. The molecule has 0 saturated carbocycles. The van der Waals surface area contributed by atoms with Crippen LogP contribution in [0.5, 0.6) is 0 Å². The summed E-state index contributed by atoms with van der Waals surface area (Å²) in [6.45, 7) is 0. The van der Waals surface area contributed by atoms with Gasteiger partial charge >= 0.3 is 6.18 Å². The Morgan fingerprint density at radius 3 is 2.31 bits per heavy atom. The first-order valence-electron chi connectivity index (χ1n) is 7.55. The van der Waals surface area contributed by atoms with E-state index in [2.05, 4.69) is 5.10 Å². The average molecular weight is 386 g/mol. The number of alkyl halides is 3. The third kappa shape index (κ3) is 3.72. The minimum atomic E-state index is -4.60. The first-order valence-corrected chi connectivity index (χ1v) is 9.44. The van der Waals surface area contributed by atoms with Gasteiger partial charge in [0.2, 0.25) is 0 Å². The number of halogens is 4. The molecule has 1 aliphatic heterocycles. The predicted octanol–water partition coefficient (Wildman–Crippen LogP) is 4.10. The van der Waals surface area contributed by atoms with E-state index in [0.717, 1.165) is 17.3 Å². The Labute approximate surface area is 147 Å². The molecule has 0 fully saturated rings. The van der Waals surface area contributed by atoms with Gasteiger partial charge in [-0.3, -0.25) is 5.01 Å². The molecule has 9 heteroatoms.